The maximum Gasteiger partial charge on any atom is 0.375 e. The summed E-state index contributed by atoms with van der Waals surface area (Å²) in [4.78, 5) is 11.6. The molecule has 2 aliphatic rings. The van der Waals surface area contributed by atoms with Crippen LogP contribution in [0.4, 0.5) is 3.89 Å². The summed E-state index contributed by atoms with van der Waals surface area (Å²) in [5, 5.41) is 0. The number of ether oxygens (including phenoxy) is 1. The molecule has 1 heterocycles. The number of carbonyl (C=O) groups excluding carboxylic acids is 1. The first kappa shape index (κ1) is 14.7. The number of nitrogens with zero attached hydrogens (tertiary/aromatic N) is 1. The Bertz CT molecular complexity index is 433. The second kappa shape index (κ2) is 5.75. The SMILES string of the molecule is COC(=O)C1CC(C2CCCCC2)CN1S(=O)(=O)F. The van der Waals surface area contributed by atoms with Crippen LogP contribution in [0.25, 0.3) is 0 Å². The fourth-order valence-electron chi connectivity index (χ4n) is 3.38. The minimum absolute atomic E-state index is 0.0647. The quantitative estimate of drug-likeness (QED) is 0.586. The van der Waals surface area contributed by atoms with Gasteiger partial charge in [0.25, 0.3) is 0 Å². The van der Waals surface area contributed by atoms with Crippen LogP contribution in [0.2, 0.25) is 0 Å². The third kappa shape index (κ3) is 3.25. The monoisotopic (exact) mass is 293 g/mol. The molecule has 1 saturated heterocycles. The van der Waals surface area contributed by atoms with Crippen molar-refractivity contribution in [1.82, 2.24) is 4.31 Å². The Hall–Kier alpha value is -0.690. The van der Waals surface area contributed by atoms with Crippen LogP contribution in [0.15, 0.2) is 0 Å². The summed E-state index contributed by atoms with van der Waals surface area (Å²) in [5.74, 6) is -0.206. The number of carbonyl (C=O) groups is 1. The van der Waals surface area contributed by atoms with Gasteiger partial charge in [-0.2, -0.15) is 12.7 Å². The Morgan fingerprint density at radius 1 is 1.21 bits per heavy atom. The van der Waals surface area contributed by atoms with Gasteiger partial charge in [-0.25, -0.2) is 0 Å². The Morgan fingerprint density at radius 3 is 2.37 bits per heavy atom. The summed E-state index contributed by atoms with van der Waals surface area (Å²) in [6.45, 7) is 0.100. The van der Waals surface area contributed by atoms with E-state index in [1.807, 2.05) is 0 Å². The van der Waals surface area contributed by atoms with Crippen LogP contribution in [0, 0.1) is 11.8 Å². The highest BCUT2D eigenvalue weighted by atomic mass is 32.3. The maximum atomic E-state index is 13.3. The molecule has 2 rings (SSSR count). The van der Waals surface area contributed by atoms with Crippen molar-refractivity contribution in [3.63, 3.8) is 0 Å². The third-order valence-electron chi connectivity index (χ3n) is 4.36. The van der Waals surface area contributed by atoms with Crippen molar-refractivity contribution >= 4 is 16.4 Å². The molecule has 0 radical (unpaired) electrons. The predicted molar refractivity (Wildman–Crippen MR) is 67.2 cm³/mol. The molecule has 0 aromatic carbocycles. The minimum Gasteiger partial charge on any atom is -0.468 e. The van der Waals surface area contributed by atoms with Crippen LogP contribution >= 0.6 is 0 Å². The summed E-state index contributed by atoms with van der Waals surface area (Å²) in [6.07, 6.45) is 5.92. The predicted octanol–water partition coefficient (Wildman–Crippen LogP) is 1.64. The van der Waals surface area contributed by atoms with E-state index in [0.717, 1.165) is 25.7 Å². The van der Waals surface area contributed by atoms with Crippen molar-refractivity contribution in [2.45, 2.75) is 44.6 Å². The smallest absolute Gasteiger partial charge is 0.375 e. The van der Waals surface area contributed by atoms with Gasteiger partial charge in [0.1, 0.15) is 6.04 Å². The van der Waals surface area contributed by atoms with Crippen molar-refractivity contribution < 1.29 is 21.8 Å². The van der Waals surface area contributed by atoms with Crippen LogP contribution in [-0.4, -0.2) is 38.4 Å². The number of esters is 1. The summed E-state index contributed by atoms with van der Waals surface area (Å²) in [7, 11) is -3.65. The lowest BCUT2D eigenvalue weighted by Crippen LogP contribution is -2.39. The van der Waals surface area contributed by atoms with E-state index in [4.69, 9.17) is 0 Å². The summed E-state index contributed by atoms with van der Waals surface area (Å²) in [5.41, 5.74) is 0. The fourth-order valence-corrected chi connectivity index (χ4v) is 4.22. The molecule has 5 nitrogen and oxygen atoms in total. The molecule has 19 heavy (non-hydrogen) atoms. The Kier molecular flexibility index (Phi) is 4.45. The van der Waals surface area contributed by atoms with E-state index in [2.05, 4.69) is 4.74 Å². The highest BCUT2D eigenvalue weighted by Crippen LogP contribution is 2.38. The topological polar surface area (TPSA) is 63.7 Å². The van der Waals surface area contributed by atoms with E-state index < -0.39 is 22.4 Å². The van der Waals surface area contributed by atoms with Crippen molar-refractivity contribution in [3.05, 3.63) is 0 Å². The van der Waals surface area contributed by atoms with Gasteiger partial charge < -0.3 is 4.74 Å². The lowest BCUT2D eigenvalue weighted by Gasteiger charge is -2.26. The molecule has 0 spiro atoms. The molecule has 1 saturated carbocycles. The van der Waals surface area contributed by atoms with E-state index >= 15 is 0 Å². The van der Waals surface area contributed by atoms with Crippen LogP contribution in [-0.2, 0) is 19.9 Å². The molecule has 7 heteroatoms. The highest BCUT2D eigenvalue weighted by molar-refractivity contribution is 7.84. The molecule has 1 aliphatic heterocycles. The number of halogens is 1. The van der Waals surface area contributed by atoms with Gasteiger partial charge in [0.15, 0.2) is 0 Å². The molecular formula is C12H20FNO4S. The Morgan fingerprint density at radius 2 is 1.84 bits per heavy atom. The van der Waals surface area contributed by atoms with Crippen molar-refractivity contribution in [1.29, 1.82) is 0 Å². The van der Waals surface area contributed by atoms with Crippen molar-refractivity contribution in [2.24, 2.45) is 11.8 Å². The third-order valence-corrected chi connectivity index (χ3v) is 5.32. The molecule has 0 aromatic rings. The largest absolute Gasteiger partial charge is 0.468 e. The minimum atomic E-state index is -4.85. The number of methoxy groups -OCH3 is 1. The number of rotatable bonds is 3. The first-order valence-corrected chi connectivity index (χ1v) is 8.06. The lowest BCUT2D eigenvalue weighted by atomic mass is 9.79. The number of hydrogen-bond donors (Lipinski definition) is 0. The molecular weight excluding hydrogens is 273 g/mol. The van der Waals surface area contributed by atoms with Gasteiger partial charge in [-0.1, -0.05) is 36.0 Å². The molecule has 2 unspecified atom stereocenters. The molecule has 0 aromatic heterocycles. The van der Waals surface area contributed by atoms with Crippen LogP contribution in [0.1, 0.15) is 38.5 Å². The zero-order valence-corrected chi connectivity index (χ0v) is 11.9. The number of hydrogen-bond acceptors (Lipinski definition) is 4. The van der Waals surface area contributed by atoms with E-state index in [-0.39, 0.29) is 12.5 Å². The van der Waals surface area contributed by atoms with E-state index in [0.29, 0.717) is 16.6 Å². The molecule has 1 aliphatic carbocycles. The molecule has 0 N–H and O–H groups in total. The van der Waals surface area contributed by atoms with Gasteiger partial charge in [0.2, 0.25) is 0 Å². The van der Waals surface area contributed by atoms with Gasteiger partial charge in [0.05, 0.1) is 7.11 Å². The van der Waals surface area contributed by atoms with Crippen LogP contribution < -0.4 is 0 Å². The first-order valence-electron chi connectivity index (χ1n) is 6.72. The molecule has 110 valence electrons. The van der Waals surface area contributed by atoms with Gasteiger partial charge in [-0.05, 0) is 18.3 Å². The van der Waals surface area contributed by atoms with Gasteiger partial charge in [0, 0.05) is 6.54 Å². The molecule has 2 atom stereocenters. The van der Waals surface area contributed by atoms with Gasteiger partial charge >= 0.3 is 16.4 Å². The van der Waals surface area contributed by atoms with Crippen molar-refractivity contribution in [2.75, 3.05) is 13.7 Å². The Labute approximate surface area is 113 Å². The average molecular weight is 293 g/mol. The molecule has 2 fully saturated rings. The maximum absolute atomic E-state index is 13.3. The molecule has 0 bridgehead atoms. The average Bonchev–Trinajstić information content (AvgIpc) is 2.84. The zero-order valence-electron chi connectivity index (χ0n) is 11.0. The highest BCUT2D eigenvalue weighted by Gasteiger charge is 2.46. The molecule has 0 amide bonds. The zero-order chi connectivity index (χ0) is 14.0. The second-order valence-corrected chi connectivity index (χ2v) is 6.74. The summed E-state index contributed by atoms with van der Waals surface area (Å²) in [6, 6.07) is -0.994. The summed E-state index contributed by atoms with van der Waals surface area (Å²) < 4.78 is 40.8. The normalized spacial score (nSPS) is 30.4. The first-order chi connectivity index (χ1) is 8.93. The lowest BCUT2D eigenvalue weighted by molar-refractivity contribution is -0.144. The van der Waals surface area contributed by atoms with Gasteiger partial charge in [-0.3, -0.25) is 4.79 Å². The Balaban J connectivity index is 2.12. The van der Waals surface area contributed by atoms with Crippen LogP contribution in [0.5, 0.6) is 0 Å². The standard InChI is InChI=1S/C12H20FNO4S/c1-18-12(15)11-7-10(8-14(11)19(13,16)17)9-5-3-2-4-6-9/h9-11H,2-8H2,1H3. The van der Waals surface area contributed by atoms with Crippen LogP contribution in [0.3, 0.4) is 0 Å². The second-order valence-electron chi connectivity index (χ2n) is 5.44. The van der Waals surface area contributed by atoms with E-state index in [1.54, 1.807) is 0 Å². The van der Waals surface area contributed by atoms with Crippen molar-refractivity contribution in [3.8, 4) is 0 Å². The van der Waals surface area contributed by atoms with Gasteiger partial charge in [-0.15, -0.1) is 0 Å². The van der Waals surface area contributed by atoms with E-state index in [1.165, 1.54) is 13.5 Å². The fraction of sp³-hybridized carbons (Fsp3) is 0.917. The summed E-state index contributed by atoms with van der Waals surface area (Å²) >= 11 is 0. The van der Waals surface area contributed by atoms with E-state index in [9.17, 15) is 17.1 Å².